The quantitative estimate of drug-likeness (QED) is 0.877. The van der Waals surface area contributed by atoms with Crippen LogP contribution in [-0.2, 0) is 11.3 Å². The van der Waals surface area contributed by atoms with Gasteiger partial charge in [-0.25, -0.2) is 0 Å². The van der Waals surface area contributed by atoms with Crippen LogP contribution in [0, 0.1) is 0 Å². The van der Waals surface area contributed by atoms with Crippen LogP contribution < -0.4 is 5.32 Å². The summed E-state index contributed by atoms with van der Waals surface area (Å²) in [6.07, 6.45) is 4.47. The van der Waals surface area contributed by atoms with Crippen LogP contribution in [0.2, 0.25) is 0 Å². The first-order chi connectivity index (χ1) is 8.84. The zero-order valence-corrected chi connectivity index (χ0v) is 10.6. The normalized spacial score (nSPS) is 23.0. The Balaban J connectivity index is 1.70. The molecule has 1 N–H and O–H groups in total. The fourth-order valence-corrected chi connectivity index (χ4v) is 2.65. The number of hydrogen-bond donors (Lipinski definition) is 1. The lowest BCUT2D eigenvalue weighted by Gasteiger charge is -2.25. The lowest BCUT2D eigenvalue weighted by atomic mass is 10.1. The minimum atomic E-state index is 0.0642. The van der Waals surface area contributed by atoms with Crippen LogP contribution in [0.5, 0.6) is 0 Å². The minimum absolute atomic E-state index is 0.0642. The van der Waals surface area contributed by atoms with Crippen molar-refractivity contribution in [2.45, 2.75) is 44.3 Å². The van der Waals surface area contributed by atoms with E-state index in [1.807, 2.05) is 18.2 Å². The van der Waals surface area contributed by atoms with Gasteiger partial charge in [-0.15, -0.1) is 0 Å². The van der Waals surface area contributed by atoms with E-state index in [1.54, 1.807) is 0 Å². The first-order valence-electron chi connectivity index (χ1n) is 6.92. The number of hydrogen-bond acceptors (Lipinski definition) is 2. The Bertz CT molecular complexity index is 408. The standard InChI is InChI=1S/C15H20N2O/c18-15(14-7-4-10-16-14)17(13-8-9-13)11-12-5-2-1-3-6-12/h1-3,5-6,13-14,16H,4,7-11H2. The molecule has 1 amide bonds. The zero-order valence-electron chi connectivity index (χ0n) is 10.6. The first kappa shape index (κ1) is 11.7. The van der Waals surface area contributed by atoms with Crippen LogP contribution in [0.25, 0.3) is 0 Å². The summed E-state index contributed by atoms with van der Waals surface area (Å²) in [7, 11) is 0. The number of carbonyl (C=O) groups is 1. The molecule has 1 aliphatic heterocycles. The van der Waals surface area contributed by atoms with Gasteiger partial charge in [0.05, 0.1) is 6.04 Å². The van der Waals surface area contributed by atoms with Crippen molar-refractivity contribution in [3.05, 3.63) is 35.9 Å². The highest BCUT2D eigenvalue weighted by Gasteiger charge is 2.36. The molecule has 0 spiro atoms. The molecule has 0 radical (unpaired) electrons. The second kappa shape index (κ2) is 5.11. The van der Waals surface area contributed by atoms with Gasteiger partial charge < -0.3 is 10.2 Å². The smallest absolute Gasteiger partial charge is 0.240 e. The van der Waals surface area contributed by atoms with Crippen LogP contribution in [0.1, 0.15) is 31.2 Å². The summed E-state index contributed by atoms with van der Waals surface area (Å²) in [4.78, 5) is 14.6. The molecular formula is C15H20N2O. The molecule has 1 heterocycles. The van der Waals surface area contributed by atoms with Gasteiger partial charge in [-0.2, -0.15) is 0 Å². The summed E-state index contributed by atoms with van der Waals surface area (Å²) in [5, 5.41) is 3.31. The third kappa shape index (κ3) is 2.56. The highest BCUT2D eigenvalue weighted by atomic mass is 16.2. The van der Waals surface area contributed by atoms with Crippen LogP contribution in [0.15, 0.2) is 30.3 Å². The number of benzene rings is 1. The van der Waals surface area contributed by atoms with Crippen LogP contribution >= 0.6 is 0 Å². The van der Waals surface area contributed by atoms with E-state index in [9.17, 15) is 4.79 Å². The third-order valence-corrected chi connectivity index (χ3v) is 3.82. The number of amides is 1. The molecule has 1 saturated carbocycles. The van der Waals surface area contributed by atoms with Gasteiger partial charge in [-0.1, -0.05) is 30.3 Å². The molecule has 3 nitrogen and oxygen atoms in total. The maximum Gasteiger partial charge on any atom is 0.240 e. The molecule has 2 fully saturated rings. The van der Waals surface area contributed by atoms with E-state index >= 15 is 0 Å². The summed E-state index contributed by atoms with van der Waals surface area (Å²) in [6, 6.07) is 10.9. The van der Waals surface area contributed by atoms with E-state index in [-0.39, 0.29) is 6.04 Å². The molecule has 18 heavy (non-hydrogen) atoms. The van der Waals surface area contributed by atoms with Crippen LogP contribution in [0.3, 0.4) is 0 Å². The number of nitrogens with zero attached hydrogens (tertiary/aromatic N) is 1. The molecule has 2 aliphatic rings. The predicted molar refractivity (Wildman–Crippen MR) is 71.0 cm³/mol. The molecule has 0 aromatic heterocycles. The molecule has 3 heteroatoms. The summed E-state index contributed by atoms with van der Waals surface area (Å²) in [5.74, 6) is 0.304. The molecule has 1 aromatic rings. The van der Waals surface area contributed by atoms with Crippen molar-refractivity contribution < 1.29 is 4.79 Å². The van der Waals surface area contributed by atoms with Crippen LogP contribution in [0.4, 0.5) is 0 Å². The van der Waals surface area contributed by atoms with E-state index in [1.165, 1.54) is 18.4 Å². The van der Waals surface area contributed by atoms with Crippen molar-refractivity contribution in [1.29, 1.82) is 0 Å². The highest BCUT2D eigenvalue weighted by Crippen LogP contribution is 2.29. The van der Waals surface area contributed by atoms with Gasteiger partial charge >= 0.3 is 0 Å². The monoisotopic (exact) mass is 244 g/mol. The SMILES string of the molecule is O=C(C1CCCN1)N(Cc1ccccc1)C1CC1. The first-order valence-corrected chi connectivity index (χ1v) is 6.92. The van der Waals surface area contributed by atoms with Crippen molar-refractivity contribution in [2.75, 3.05) is 6.54 Å². The van der Waals surface area contributed by atoms with Gasteiger partial charge in [0, 0.05) is 12.6 Å². The molecule has 3 rings (SSSR count). The fraction of sp³-hybridized carbons (Fsp3) is 0.533. The second-order valence-corrected chi connectivity index (χ2v) is 5.33. The Hall–Kier alpha value is -1.35. The van der Waals surface area contributed by atoms with E-state index < -0.39 is 0 Å². The Morgan fingerprint density at radius 2 is 2.00 bits per heavy atom. The Morgan fingerprint density at radius 3 is 2.61 bits per heavy atom. The molecule has 1 unspecified atom stereocenters. The summed E-state index contributed by atoms with van der Waals surface area (Å²) < 4.78 is 0. The van der Waals surface area contributed by atoms with E-state index in [0.29, 0.717) is 11.9 Å². The van der Waals surface area contributed by atoms with Crippen molar-refractivity contribution >= 4 is 5.91 Å². The van der Waals surface area contributed by atoms with E-state index in [0.717, 1.165) is 25.9 Å². The lowest BCUT2D eigenvalue weighted by molar-refractivity contribution is -0.134. The Kier molecular flexibility index (Phi) is 3.33. The molecular weight excluding hydrogens is 224 g/mol. The molecule has 0 bridgehead atoms. The maximum absolute atomic E-state index is 12.5. The van der Waals surface area contributed by atoms with Gasteiger partial charge in [0.1, 0.15) is 0 Å². The fourth-order valence-electron chi connectivity index (χ4n) is 2.65. The lowest BCUT2D eigenvalue weighted by Crippen LogP contribution is -2.44. The zero-order chi connectivity index (χ0) is 12.4. The molecule has 1 aromatic carbocycles. The van der Waals surface area contributed by atoms with Crippen molar-refractivity contribution in [3.8, 4) is 0 Å². The number of nitrogens with one attached hydrogen (secondary N) is 1. The largest absolute Gasteiger partial charge is 0.334 e. The number of carbonyl (C=O) groups excluding carboxylic acids is 1. The van der Waals surface area contributed by atoms with E-state index in [4.69, 9.17) is 0 Å². The molecule has 1 saturated heterocycles. The average molecular weight is 244 g/mol. The van der Waals surface area contributed by atoms with Crippen molar-refractivity contribution in [3.63, 3.8) is 0 Å². The topological polar surface area (TPSA) is 32.3 Å². The second-order valence-electron chi connectivity index (χ2n) is 5.33. The maximum atomic E-state index is 12.5. The summed E-state index contributed by atoms with van der Waals surface area (Å²) in [6.45, 7) is 1.75. The van der Waals surface area contributed by atoms with Gasteiger partial charge in [-0.05, 0) is 37.8 Å². The Labute approximate surface area is 108 Å². The van der Waals surface area contributed by atoms with Crippen LogP contribution in [-0.4, -0.2) is 29.4 Å². The van der Waals surface area contributed by atoms with Gasteiger partial charge in [0.15, 0.2) is 0 Å². The highest BCUT2D eigenvalue weighted by molar-refractivity contribution is 5.82. The number of rotatable bonds is 4. The van der Waals surface area contributed by atoms with Crippen molar-refractivity contribution in [1.82, 2.24) is 10.2 Å². The third-order valence-electron chi connectivity index (χ3n) is 3.82. The minimum Gasteiger partial charge on any atom is -0.334 e. The predicted octanol–water partition coefficient (Wildman–Crippen LogP) is 1.93. The Morgan fingerprint density at radius 1 is 1.22 bits per heavy atom. The molecule has 1 aliphatic carbocycles. The van der Waals surface area contributed by atoms with Gasteiger partial charge in [-0.3, -0.25) is 4.79 Å². The van der Waals surface area contributed by atoms with Crippen molar-refractivity contribution in [2.24, 2.45) is 0 Å². The molecule has 1 atom stereocenters. The van der Waals surface area contributed by atoms with Gasteiger partial charge in [0.25, 0.3) is 0 Å². The summed E-state index contributed by atoms with van der Waals surface area (Å²) >= 11 is 0. The summed E-state index contributed by atoms with van der Waals surface area (Å²) in [5.41, 5.74) is 1.23. The van der Waals surface area contributed by atoms with E-state index in [2.05, 4.69) is 22.3 Å². The average Bonchev–Trinajstić information content (AvgIpc) is 3.10. The van der Waals surface area contributed by atoms with Gasteiger partial charge in [0.2, 0.25) is 5.91 Å². The molecule has 96 valence electrons.